The molecule has 0 bridgehead atoms. The molecule has 3 N–H and O–H groups in total. The fourth-order valence-electron chi connectivity index (χ4n) is 2.64. The van der Waals surface area contributed by atoms with Crippen molar-refractivity contribution in [1.82, 2.24) is 10.2 Å². The molecule has 3 amide bonds. The molecule has 19 heavy (non-hydrogen) atoms. The van der Waals surface area contributed by atoms with E-state index in [1.165, 1.54) is 10.4 Å². The van der Waals surface area contributed by atoms with Gasteiger partial charge in [-0.25, -0.2) is 4.79 Å². The number of imide groups is 1. The number of nitrogens with one attached hydrogen (secondary N) is 1. The van der Waals surface area contributed by atoms with E-state index in [4.69, 9.17) is 5.73 Å². The minimum absolute atomic E-state index is 0.304. The number of amides is 3. The molecule has 0 aromatic carbocycles. The van der Waals surface area contributed by atoms with E-state index in [2.05, 4.69) is 28.6 Å². The molecule has 1 aromatic heterocycles. The third kappa shape index (κ3) is 3.33. The molecule has 1 aliphatic heterocycles. The molecule has 0 fully saturated rings. The molecule has 5 nitrogen and oxygen atoms in total. The van der Waals surface area contributed by atoms with Gasteiger partial charge in [0, 0.05) is 30.4 Å². The van der Waals surface area contributed by atoms with Crippen LogP contribution in [0.5, 0.6) is 0 Å². The summed E-state index contributed by atoms with van der Waals surface area (Å²) < 4.78 is 0. The largest absolute Gasteiger partial charge is 0.351 e. The quantitative estimate of drug-likeness (QED) is 0.881. The van der Waals surface area contributed by atoms with Crippen LogP contribution in [0.1, 0.15) is 36.2 Å². The number of rotatable bonds is 4. The molecule has 1 atom stereocenters. The number of carbonyl (C=O) groups is 2. The fourth-order valence-corrected chi connectivity index (χ4v) is 3.57. The predicted octanol–water partition coefficient (Wildman–Crippen LogP) is 1.64. The second kappa shape index (κ2) is 6.16. The lowest BCUT2D eigenvalue weighted by molar-refractivity contribution is -0.120. The first-order chi connectivity index (χ1) is 9.11. The molecule has 1 aliphatic rings. The highest BCUT2D eigenvalue weighted by Gasteiger charge is 2.26. The van der Waals surface area contributed by atoms with E-state index >= 15 is 0 Å². The van der Waals surface area contributed by atoms with Crippen molar-refractivity contribution in [2.24, 2.45) is 5.73 Å². The van der Waals surface area contributed by atoms with Gasteiger partial charge in [-0.1, -0.05) is 6.92 Å². The minimum atomic E-state index is -0.782. The Hall–Kier alpha value is -1.40. The molecule has 1 aromatic rings. The summed E-state index contributed by atoms with van der Waals surface area (Å²) in [5.74, 6) is -0.307. The number of carbonyl (C=O) groups excluding carboxylic acids is 2. The van der Waals surface area contributed by atoms with Crippen molar-refractivity contribution in [3.8, 4) is 0 Å². The van der Waals surface area contributed by atoms with E-state index in [9.17, 15) is 9.59 Å². The van der Waals surface area contributed by atoms with Crippen molar-refractivity contribution in [3.63, 3.8) is 0 Å². The number of urea groups is 1. The number of hydrogen-bond acceptors (Lipinski definition) is 4. The number of nitrogens with two attached hydrogens (primary N) is 1. The molecule has 0 radical (unpaired) electrons. The highest BCUT2D eigenvalue weighted by molar-refractivity contribution is 7.10. The molecule has 0 unspecified atom stereocenters. The lowest BCUT2D eigenvalue weighted by Crippen LogP contribution is -2.40. The molecule has 2 rings (SSSR count). The molecule has 6 heteroatoms. The summed E-state index contributed by atoms with van der Waals surface area (Å²) in [4.78, 5) is 25.8. The van der Waals surface area contributed by atoms with Crippen LogP contribution < -0.4 is 11.1 Å². The van der Waals surface area contributed by atoms with Gasteiger partial charge >= 0.3 is 6.03 Å². The summed E-state index contributed by atoms with van der Waals surface area (Å²) in [6, 6.07) is 1.79. The van der Waals surface area contributed by atoms with Gasteiger partial charge in [-0.3, -0.25) is 15.0 Å². The SMILES string of the molecule is CC[C@H]1c2ccsc2CCN1CCC(=O)NC(N)=O. The van der Waals surface area contributed by atoms with Crippen LogP contribution in [0.25, 0.3) is 0 Å². The Kier molecular flexibility index (Phi) is 4.55. The molecule has 0 spiro atoms. The van der Waals surface area contributed by atoms with Gasteiger partial charge < -0.3 is 5.73 Å². The number of primary amides is 1. The zero-order valence-electron chi connectivity index (χ0n) is 11.0. The lowest BCUT2D eigenvalue weighted by atomic mass is 9.97. The zero-order chi connectivity index (χ0) is 13.8. The fraction of sp³-hybridized carbons (Fsp3) is 0.538. The smallest absolute Gasteiger partial charge is 0.318 e. The van der Waals surface area contributed by atoms with Crippen LogP contribution in [0, 0.1) is 0 Å². The van der Waals surface area contributed by atoms with Gasteiger partial charge in [0.1, 0.15) is 0 Å². The van der Waals surface area contributed by atoms with Gasteiger partial charge in [-0.2, -0.15) is 0 Å². The van der Waals surface area contributed by atoms with E-state index in [1.54, 1.807) is 0 Å². The van der Waals surface area contributed by atoms with Crippen molar-refractivity contribution < 1.29 is 9.59 Å². The maximum Gasteiger partial charge on any atom is 0.318 e. The number of nitrogens with zero attached hydrogens (tertiary/aromatic N) is 1. The minimum Gasteiger partial charge on any atom is -0.351 e. The van der Waals surface area contributed by atoms with Gasteiger partial charge in [-0.15, -0.1) is 11.3 Å². The van der Waals surface area contributed by atoms with Crippen molar-refractivity contribution >= 4 is 23.3 Å². The summed E-state index contributed by atoms with van der Waals surface area (Å²) in [7, 11) is 0. The number of thiophene rings is 1. The third-order valence-corrected chi connectivity index (χ3v) is 4.48. The topological polar surface area (TPSA) is 75.4 Å². The van der Waals surface area contributed by atoms with E-state index in [-0.39, 0.29) is 5.91 Å². The van der Waals surface area contributed by atoms with Gasteiger partial charge in [0.05, 0.1) is 0 Å². The van der Waals surface area contributed by atoms with Gasteiger partial charge in [0.2, 0.25) is 5.91 Å². The normalized spacial score (nSPS) is 18.9. The maximum absolute atomic E-state index is 11.5. The van der Waals surface area contributed by atoms with E-state index in [0.717, 1.165) is 19.4 Å². The Morgan fingerprint density at radius 3 is 3.05 bits per heavy atom. The Morgan fingerprint density at radius 2 is 2.37 bits per heavy atom. The van der Waals surface area contributed by atoms with Crippen molar-refractivity contribution in [3.05, 3.63) is 21.9 Å². The Bertz CT molecular complexity index is 472. The van der Waals surface area contributed by atoms with E-state index in [0.29, 0.717) is 19.0 Å². The highest BCUT2D eigenvalue weighted by Crippen LogP contribution is 2.34. The molecule has 0 saturated heterocycles. The molecule has 0 saturated carbocycles. The number of fused-ring (bicyclic) bond motifs is 1. The van der Waals surface area contributed by atoms with Crippen molar-refractivity contribution in [1.29, 1.82) is 0 Å². The summed E-state index contributed by atoms with van der Waals surface area (Å²) in [5, 5.41) is 4.24. The molecule has 104 valence electrons. The highest BCUT2D eigenvalue weighted by atomic mass is 32.1. The lowest BCUT2D eigenvalue weighted by Gasteiger charge is -2.35. The van der Waals surface area contributed by atoms with Crippen LogP contribution in [-0.2, 0) is 11.2 Å². The second-order valence-electron chi connectivity index (χ2n) is 4.67. The Labute approximate surface area is 116 Å². The standard InChI is InChI=1S/C13H19N3O2S/c1-2-10-9-5-8-19-11(9)3-6-16(10)7-4-12(17)15-13(14)18/h5,8,10H,2-4,6-7H2,1H3,(H3,14,15,17,18)/t10-/m0/s1. The number of hydrogen-bond donors (Lipinski definition) is 2. The van der Waals surface area contributed by atoms with Gasteiger partial charge in [0.15, 0.2) is 0 Å². The molecule has 2 heterocycles. The molecule has 0 aliphatic carbocycles. The van der Waals surface area contributed by atoms with Gasteiger partial charge in [-0.05, 0) is 29.9 Å². The summed E-state index contributed by atoms with van der Waals surface area (Å²) in [5.41, 5.74) is 6.32. The summed E-state index contributed by atoms with van der Waals surface area (Å²) >= 11 is 1.81. The van der Waals surface area contributed by atoms with Crippen LogP contribution in [0.4, 0.5) is 4.79 Å². The second-order valence-corrected chi connectivity index (χ2v) is 5.67. The average Bonchev–Trinajstić information content (AvgIpc) is 2.82. The van der Waals surface area contributed by atoms with Crippen LogP contribution in [0.15, 0.2) is 11.4 Å². The van der Waals surface area contributed by atoms with Crippen LogP contribution >= 0.6 is 11.3 Å². The first-order valence-electron chi connectivity index (χ1n) is 6.51. The molecular weight excluding hydrogens is 262 g/mol. The maximum atomic E-state index is 11.5. The molecular formula is C13H19N3O2S. The van der Waals surface area contributed by atoms with Crippen LogP contribution in [-0.4, -0.2) is 29.9 Å². The van der Waals surface area contributed by atoms with Crippen molar-refractivity contribution in [2.75, 3.05) is 13.1 Å². The van der Waals surface area contributed by atoms with Gasteiger partial charge in [0.25, 0.3) is 0 Å². The predicted molar refractivity (Wildman–Crippen MR) is 75.0 cm³/mol. The zero-order valence-corrected chi connectivity index (χ0v) is 11.8. The van der Waals surface area contributed by atoms with Crippen LogP contribution in [0.3, 0.4) is 0 Å². The summed E-state index contributed by atoms with van der Waals surface area (Å²) in [6.45, 7) is 3.79. The van der Waals surface area contributed by atoms with E-state index < -0.39 is 6.03 Å². The Balaban J connectivity index is 1.94. The van der Waals surface area contributed by atoms with Crippen LogP contribution in [0.2, 0.25) is 0 Å². The first-order valence-corrected chi connectivity index (χ1v) is 7.39. The van der Waals surface area contributed by atoms with E-state index in [1.807, 2.05) is 11.3 Å². The Morgan fingerprint density at radius 1 is 1.58 bits per heavy atom. The average molecular weight is 281 g/mol. The van der Waals surface area contributed by atoms with Crippen molar-refractivity contribution in [2.45, 2.75) is 32.2 Å². The third-order valence-electron chi connectivity index (χ3n) is 3.48. The summed E-state index contributed by atoms with van der Waals surface area (Å²) in [6.07, 6.45) is 2.38. The first kappa shape index (κ1) is 14.0. The monoisotopic (exact) mass is 281 g/mol.